The molecule has 0 heterocycles. The van der Waals surface area contributed by atoms with Crippen molar-refractivity contribution in [3.8, 4) is 5.75 Å². The van der Waals surface area contributed by atoms with Crippen LogP contribution in [-0.4, -0.2) is 12.4 Å². The zero-order valence-electron chi connectivity index (χ0n) is 12.0. The zero-order chi connectivity index (χ0) is 15.4. The van der Waals surface area contributed by atoms with E-state index in [-0.39, 0.29) is 5.78 Å². The number of hydrogen-bond donors (Lipinski definition) is 0. The van der Waals surface area contributed by atoms with Crippen LogP contribution in [0.1, 0.15) is 34.8 Å². The number of carbonyl (C=O) groups excluding carboxylic acids is 1. The van der Waals surface area contributed by atoms with E-state index in [1.54, 1.807) is 6.07 Å². The van der Waals surface area contributed by atoms with Gasteiger partial charge in [0.25, 0.3) is 0 Å². The summed E-state index contributed by atoms with van der Waals surface area (Å²) in [5.41, 5.74) is 2.35. The lowest BCUT2D eigenvalue weighted by molar-refractivity contribution is 0.103. The molecule has 0 saturated heterocycles. The second-order valence-corrected chi connectivity index (χ2v) is 6.41. The van der Waals surface area contributed by atoms with Gasteiger partial charge < -0.3 is 4.74 Å². The number of benzene rings is 2. The second kappa shape index (κ2) is 7.23. The molecule has 0 atom stereocenters. The predicted molar refractivity (Wildman–Crippen MR) is 92.2 cm³/mol. The summed E-state index contributed by atoms with van der Waals surface area (Å²) in [5.74, 6) is 0.755. The van der Waals surface area contributed by atoms with Gasteiger partial charge in [-0.2, -0.15) is 0 Å². The molecule has 110 valence electrons. The van der Waals surface area contributed by atoms with E-state index in [1.807, 2.05) is 37.3 Å². The molecule has 0 amide bonds. The highest BCUT2D eigenvalue weighted by molar-refractivity contribution is 9.11. The topological polar surface area (TPSA) is 26.3 Å². The molecule has 2 aromatic rings. The van der Waals surface area contributed by atoms with Gasteiger partial charge in [-0.3, -0.25) is 4.79 Å². The lowest BCUT2D eigenvalue weighted by Crippen LogP contribution is -2.04. The van der Waals surface area contributed by atoms with Crippen molar-refractivity contribution in [1.82, 2.24) is 0 Å². The fourth-order valence-electron chi connectivity index (χ4n) is 1.95. The Morgan fingerprint density at radius 3 is 2.62 bits per heavy atom. The summed E-state index contributed by atoms with van der Waals surface area (Å²) >= 11 is 6.95. The maximum absolute atomic E-state index is 12.6. The number of ether oxygens (including phenoxy) is 1. The SMILES string of the molecule is CCCOc1ccc(C(=O)c2cccc(C)c2Br)cc1Br. The van der Waals surface area contributed by atoms with Gasteiger partial charge in [0, 0.05) is 15.6 Å². The Kier molecular flexibility index (Phi) is 5.59. The van der Waals surface area contributed by atoms with Crippen LogP contribution in [-0.2, 0) is 0 Å². The van der Waals surface area contributed by atoms with E-state index in [1.165, 1.54) is 0 Å². The van der Waals surface area contributed by atoms with Crippen LogP contribution in [0.4, 0.5) is 0 Å². The van der Waals surface area contributed by atoms with E-state index < -0.39 is 0 Å². The van der Waals surface area contributed by atoms with Crippen molar-refractivity contribution < 1.29 is 9.53 Å². The minimum Gasteiger partial charge on any atom is -0.492 e. The highest BCUT2D eigenvalue weighted by Gasteiger charge is 2.15. The number of aryl methyl sites for hydroxylation is 1. The van der Waals surface area contributed by atoms with Crippen molar-refractivity contribution in [2.45, 2.75) is 20.3 Å². The molecule has 0 aliphatic carbocycles. The number of ketones is 1. The molecule has 2 nitrogen and oxygen atoms in total. The standard InChI is InChI=1S/C17H16Br2O2/c1-3-9-21-15-8-7-12(10-14(15)18)17(20)13-6-4-5-11(2)16(13)19/h4-8,10H,3,9H2,1-2H3. The molecule has 2 rings (SSSR count). The Balaban J connectivity index is 2.32. The smallest absolute Gasteiger partial charge is 0.194 e. The molecule has 0 aliphatic rings. The van der Waals surface area contributed by atoms with Crippen molar-refractivity contribution in [1.29, 1.82) is 0 Å². The number of hydrogen-bond acceptors (Lipinski definition) is 2. The molecule has 0 fully saturated rings. The summed E-state index contributed by atoms with van der Waals surface area (Å²) in [4.78, 5) is 12.6. The number of halogens is 2. The first-order chi connectivity index (χ1) is 10.0. The van der Waals surface area contributed by atoms with Crippen LogP contribution in [0.3, 0.4) is 0 Å². The third-order valence-electron chi connectivity index (χ3n) is 3.09. The van der Waals surface area contributed by atoms with Gasteiger partial charge in [-0.15, -0.1) is 0 Å². The maximum Gasteiger partial charge on any atom is 0.194 e. The van der Waals surface area contributed by atoms with Crippen LogP contribution in [0.25, 0.3) is 0 Å². The molecule has 0 spiro atoms. The summed E-state index contributed by atoms with van der Waals surface area (Å²) < 4.78 is 7.24. The van der Waals surface area contributed by atoms with Crippen molar-refractivity contribution in [2.24, 2.45) is 0 Å². The molecule has 21 heavy (non-hydrogen) atoms. The van der Waals surface area contributed by atoms with Crippen molar-refractivity contribution >= 4 is 37.6 Å². The fourth-order valence-corrected chi connectivity index (χ4v) is 2.89. The van der Waals surface area contributed by atoms with Crippen LogP contribution < -0.4 is 4.74 Å². The quantitative estimate of drug-likeness (QED) is 0.603. The molecule has 0 aliphatic heterocycles. The Bertz CT molecular complexity index is 666. The van der Waals surface area contributed by atoms with Crippen molar-refractivity contribution in [2.75, 3.05) is 6.61 Å². The van der Waals surface area contributed by atoms with Gasteiger partial charge in [0.15, 0.2) is 5.78 Å². The molecule has 0 radical (unpaired) electrons. The van der Waals surface area contributed by atoms with Crippen LogP contribution in [0, 0.1) is 6.92 Å². The van der Waals surface area contributed by atoms with E-state index in [0.29, 0.717) is 17.7 Å². The van der Waals surface area contributed by atoms with Crippen molar-refractivity contribution in [3.63, 3.8) is 0 Å². The highest BCUT2D eigenvalue weighted by atomic mass is 79.9. The molecule has 2 aromatic carbocycles. The Labute approximate surface area is 141 Å². The van der Waals surface area contributed by atoms with Crippen LogP contribution >= 0.6 is 31.9 Å². The van der Waals surface area contributed by atoms with E-state index in [4.69, 9.17) is 4.74 Å². The van der Waals surface area contributed by atoms with Gasteiger partial charge in [-0.1, -0.05) is 19.1 Å². The first-order valence-corrected chi connectivity index (χ1v) is 8.35. The third-order valence-corrected chi connectivity index (χ3v) is 4.76. The van der Waals surface area contributed by atoms with E-state index in [0.717, 1.165) is 26.7 Å². The second-order valence-electron chi connectivity index (χ2n) is 4.76. The minimum absolute atomic E-state index is 0.00619. The molecule has 0 unspecified atom stereocenters. The summed E-state index contributed by atoms with van der Waals surface area (Å²) in [6.45, 7) is 4.69. The molecule has 0 N–H and O–H groups in total. The van der Waals surface area contributed by atoms with Gasteiger partial charge in [0.05, 0.1) is 11.1 Å². The Morgan fingerprint density at radius 1 is 1.19 bits per heavy atom. The summed E-state index contributed by atoms with van der Waals surface area (Å²) in [6, 6.07) is 11.1. The van der Waals surface area contributed by atoms with Crippen LogP contribution in [0.15, 0.2) is 45.3 Å². The van der Waals surface area contributed by atoms with Gasteiger partial charge in [-0.25, -0.2) is 0 Å². The number of carbonyl (C=O) groups is 1. The molecule has 0 saturated carbocycles. The molecule has 0 aromatic heterocycles. The summed E-state index contributed by atoms with van der Waals surface area (Å²) in [5, 5.41) is 0. The lowest BCUT2D eigenvalue weighted by Gasteiger charge is -2.10. The normalized spacial score (nSPS) is 10.5. The van der Waals surface area contributed by atoms with E-state index >= 15 is 0 Å². The van der Waals surface area contributed by atoms with Gasteiger partial charge >= 0.3 is 0 Å². The fraction of sp³-hybridized carbons (Fsp3) is 0.235. The average molecular weight is 412 g/mol. The zero-order valence-corrected chi connectivity index (χ0v) is 15.1. The van der Waals surface area contributed by atoms with E-state index in [2.05, 4.69) is 38.8 Å². The molecule has 4 heteroatoms. The third kappa shape index (κ3) is 3.74. The van der Waals surface area contributed by atoms with Gasteiger partial charge in [0.1, 0.15) is 5.75 Å². The first-order valence-electron chi connectivity index (χ1n) is 6.76. The van der Waals surface area contributed by atoms with Gasteiger partial charge in [0.2, 0.25) is 0 Å². The Hall–Kier alpha value is -1.13. The monoisotopic (exact) mass is 410 g/mol. The van der Waals surface area contributed by atoms with Crippen LogP contribution in [0.5, 0.6) is 5.75 Å². The van der Waals surface area contributed by atoms with E-state index in [9.17, 15) is 4.79 Å². The molecular formula is C17H16Br2O2. The predicted octanol–water partition coefficient (Wildman–Crippen LogP) is 5.54. The lowest BCUT2D eigenvalue weighted by atomic mass is 10.0. The maximum atomic E-state index is 12.6. The molecule has 0 bridgehead atoms. The average Bonchev–Trinajstić information content (AvgIpc) is 2.48. The Morgan fingerprint density at radius 2 is 1.95 bits per heavy atom. The summed E-state index contributed by atoms with van der Waals surface area (Å²) in [6.07, 6.45) is 0.948. The summed E-state index contributed by atoms with van der Waals surface area (Å²) in [7, 11) is 0. The number of rotatable bonds is 5. The largest absolute Gasteiger partial charge is 0.492 e. The van der Waals surface area contributed by atoms with Crippen LogP contribution in [0.2, 0.25) is 0 Å². The first kappa shape index (κ1) is 16.2. The van der Waals surface area contributed by atoms with Gasteiger partial charge in [-0.05, 0) is 75.0 Å². The molecular weight excluding hydrogens is 396 g/mol. The minimum atomic E-state index is -0.00619. The van der Waals surface area contributed by atoms with Crippen molar-refractivity contribution in [3.05, 3.63) is 62.0 Å². The highest BCUT2D eigenvalue weighted by Crippen LogP contribution is 2.29.